The third-order valence-electron chi connectivity index (χ3n) is 3.64. The topological polar surface area (TPSA) is 54.6 Å². The number of benzene rings is 2. The molecule has 0 saturated carbocycles. The number of carbonyl (C=O) groups is 1. The summed E-state index contributed by atoms with van der Waals surface area (Å²) >= 11 is 0. The van der Waals surface area contributed by atoms with Crippen molar-refractivity contribution in [3.63, 3.8) is 0 Å². The minimum absolute atomic E-state index is 0. The fourth-order valence-corrected chi connectivity index (χ4v) is 2.50. The Kier molecular flexibility index (Phi) is 6.48. The molecule has 0 aliphatic rings. The predicted molar refractivity (Wildman–Crippen MR) is 92.9 cm³/mol. The molecule has 0 spiro atoms. The van der Waals surface area contributed by atoms with E-state index in [9.17, 15) is 4.79 Å². The van der Waals surface area contributed by atoms with Gasteiger partial charge in [0.2, 0.25) is 6.54 Å². The maximum Gasteiger partial charge on any atom is 0.305 e. The zero-order valence-corrected chi connectivity index (χ0v) is 14.5. The number of carbonyl (C=O) groups excluding carboxylic acids is 1. The first-order valence-electron chi connectivity index (χ1n) is 7.59. The molecule has 0 radical (unpaired) electrons. The van der Waals surface area contributed by atoms with Gasteiger partial charge in [0.05, 0.1) is 13.3 Å². The minimum Gasteiger partial charge on any atom is -1.00 e. The number of hydrogen-bond donors (Lipinski definition) is 1. The number of aromatic nitrogens is 1. The van der Waals surface area contributed by atoms with Crippen molar-refractivity contribution in [2.45, 2.75) is 6.54 Å². The molecule has 3 rings (SSSR count). The van der Waals surface area contributed by atoms with E-state index in [1.165, 1.54) is 0 Å². The Labute approximate surface area is 152 Å². The minimum atomic E-state index is -0.193. The van der Waals surface area contributed by atoms with Gasteiger partial charge in [0.1, 0.15) is 5.75 Å². The summed E-state index contributed by atoms with van der Waals surface area (Å²) < 4.78 is 7.18. The molecule has 6 heteroatoms. The molecule has 0 aliphatic heterocycles. The molecule has 0 aliphatic carbocycles. The molecule has 5 nitrogen and oxygen atoms in total. The number of hydrazone groups is 1. The summed E-state index contributed by atoms with van der Waals surface area (Å²) in [7, 11) is 1.62. The van der Waals surface area contributed by atoms with Crippen molar-refractivity contribution in [1.29, 1.82) is 0 Å². The Bertz CT molecular complexity index is 882. The molecule has 0 bridgehead atoms. The zero-order chi connectivity index (χ0) is 16.8. The van der Waals surface area contributed by atoms with Gasteiger partial charge in [0, 0.05) is 17.7 Å². The van der Waals surface area contributed by atoms with Crippen molar-refractivity contribution >= 4 is 22.9 Å². The number of methoxy groups -OCH3 is 1. The summed E-state index contributed by atoms with van der Waals surface area (Å²) in [6.45, 7) is 0.213. The van der Waals surface area contributed by atoms with Gasteiger partial charge in [-0.05, 0) is 16.8 Å². The molecular weight excluding hydrogens is 338 g/mol. The summed E-state index contributed by atoms with van der Waals surface area (Å²) in [6.07, 6.45) is 5.28. The Hall–Kier alpha value is -2.92. The fraction of sp³-hybridized carbons (Fsp3) is 0.105. The second-order valence-corrected chi connectivity index (χ2v) is 5.24. The number of halogens is 1. The van der Waals surface area contributed by atoms with Gasteiger partial charge in [0.15, 0.2) is 12.4 Å². The number of pyridine rings is 1. The molecule has 1 heterocycles. The Morgan fingerprint density at radius 1 is 1.12 bits per heavy atom. The zero-order valence-electron chi connectivity index (χ0n) is 13.7. The number of ether oxygens (including phenoxy) is 1. The highest BCUT2D eigenvalue weighted by Gasteiger charge is 2.08. The van der Waals surface area contributed by atoms with E-state index in [2.05, 4.69) is 10.5 Å². The van der Waals surface area contributed by atoms with E-state index in [0.717, 1.165) is 16.3 Å². The van der Waals surface area contributed by atoms with Gasteiger partial charge in [-0.1, -0.05) is 36.4 Å². The Balaban J connectivity index is 0.00000225. The fourth-order valence-electron chi connectivity index (χ4n) is 2.50. The number of amides is 1. The Morgan fingerprint density at radius 2 is 1.88 bits per heavy atom. The standard InChI is InChI=1S/C19H17N3O2.ClH/c1-24-18-10-9-15-7-3-4-8-16(15)17(18)13-20-21-19(23)14-22-11-5-2-6-12-22;/h2-13H,14H2,1H3;1H/b20-13+;. The predicted octanol–water partition coefficient (Wildman–Crippen LogP) is -0.710. The number of fused-ring (bicyclic) bond motifs is 1. The van der Waals surface area contributed by atoms with Crippen LogP contribution in [-0.2, 0) is 11.3 Å². The van der Waals surface area contributed by atoms with Crippen LogP contribution in [0.4, 0.5) is 0 Å². The smallest absolute Gasteiger partial charge is 0.305 e. The van der Waals surface area contributed by atoms with Crippen LogP contribution >= 0.6 is 0 Å². The molecule has 1 aromatic heterocycles. The molecule has 1 N–H and O–H groups in total. The number of hydrogen-bond acceptors (Lipinski definition) is 3. The van der Waals surface area contributed by atoms with E-state index >= 15 is 0 Å². The number of nitrogens with one attached hydrogen (secondary N) is 1. The van der Waals surface area contributed by atoms with Gasteiger partial charge in [-0.2, -0.15) is 9.67 Å². The maximum atomic E-state index is 11.9. The third-order valence-corrected chi connectivity index (χ3v) is 3.64. The second-order valence-electron chi connectivity index (χ2n) is 5.24. The first-order valence-corrected chi connectivity index (χ1v) is 7.59. The van der Waals surface area contributed by atoms with Crippen molar-refractivity contribution in [3.8, 4) is 5.75 Å². The van der Waals surface area contributed by atoms with E-state index < -0.39 is 0 Å². The van der Waals surface area contributed by atoms with Crippen LogP contribution in [0, 0.1) is 0 Å². The van der Waals surface area contributed by atoms with Crippen LogP contribution in [0.25, 0.3) is 10.8 Å². The van der Waals surface area contributed by atoms with Gasteiger partial charge in [-0.15, -0.1) is 0 Å². The lowest BCUT2D eigenvalue weighted by molar-refractivity contribution is -0.684. The Morgan fingerprint density at radius 3 is 2.64 bits per heavy atom. The second kappa shape index (κ2) is 8.80. The monoisotopic (exact) mass is 355 g/mol. The third kappa shape index (κ3) is 4.55. The van der Waals surface area contributed by atoms with Crippen molar-refractivity contribution < 1.29 is 26.5 Å². The largest absolute Gasteiger partial charge is 1.00 e. The van der Waals surface area contributed by atoms with Crippen molar-refractivity contribution in [2.75, 3.05) is 7.11 Å². The van der Waals surface area contributed by atoms with Crippen molar-refractivity contribution in [2.24, 2.45) is 5.10 Å². The average molecular weight is 356 g/mol. The van der Waals surface area contributed by atoms with Crippen LogP contribution < -0.4 is 27.1 Å². The molecule has 0 fully saturated rings. The molecule has 3 aromatic rings. The molecule has 2 aromatic carbocycles. The summed E-state index contributed by atoms with van der Waals surface area (Å²) in [5.41, 5.74) is 3.39. The molecule has 0 saturated heterocycles. The van der Waals surface area contributed by atoms with E-state index in [4.69, 9.17) is 4.74 Å². The summed E-state index contributed by atoms with van der Waals surface area (Å²) in [6, 6.07) is 17.5. The van der Waals surface area contributed by atoms with Gasteiger partial charge >= 0.3 is 5.91 Å². The summed E-state index contributed by atoms with van der Waals surface area (Å²) in [4.78, 5) is 11.9. The summed E-state index contributed by atoms with van der Waals surface area (Å²) in [5, 5.41) is 6.19. The SMILES string of the molecule is COc1ccc2ccccc2c1/C=N/NC(=O)C[n+]1ccccc1.[Cl-]. The van der Waals surface area contributed by atoms with Crippen LogP contribution in [-0.4, -0.2) is 19.2 Å². The lowest BCUT2D eigenvalue weighted by Crippen LogP contribution is -3.00. The van der Waals surface area contributed by atoms with E-state index in [1.54, 1.807) is 17.9 Å². The van der Waals surface area contributed by atoms with Crippen LogP contribution in [0.1, 0.15) is 5.56 Å². The van der Waals surface area contributed by atoms with E-state index in [1.807, 2.05) is 67.0 Å². The highest BCUT2D eigenvalue weighted by molar-refractivity contribution is 6.02. The molecule has 0 unspecified atom stereocenters. The van der Waals surface area contributed by atoms with Gasteiger partial charge < -0.3 is 17.1 Å². The summed E-state index contributed by atoms with van der Waals surface area (Å²) in [5.74, 6) is 0.519. The van der Waals surface area contributed by atoms with Gasteiger partial charge in [-0.25, -0.2) is 5.43 Å². The maximum absolute atomic E-state index is 11.9. The first kappa shape index (κ1) is 18.4. The van der Waals surface area contributed by atoms with Gasteiger partial charge in [-0.3, -0.25) is 4.79 Å². The number of nitrogens with zero attached hydrogens (tertiary/aromatic N) is 2. The number of rotatable bonds is 5. The normalized spacial score (nSPS) is 10.4. The van der Waals surface area contributed by atoms with Crippen LogP contribution in [0.15, 0.2) is 72.1 Å². The van der Waals surface area contributed by atoms with Crippen molar-refractivity contribution in [1.82, 2.24) is 5.43 Å². The highest BCUT2D eigenvalue weighted by Crippen LogP contribution is 2.26. The molecule has 25 heavy (non-hydrogen) atoms. The molecule has 128 valence electrons. The molecular formula is C19H18ClN3O2. The van der Waals surface area contributed by atoms with Gasteiger partial charge in [0.25, 0.3) is 0 Å². The average Bonchev–Trinajstić information content (AvgIpc) is 2.62. The quantitative estimate of drug-likeness (QED) is 0.373. The van der Waals surface area contributed by atoms with Crippen molar-refractivity contribution in [3.05, 3.63) is 72.6 Å². The van der Waals surface area contributed by atoms with Crippen LogP contribution in [0.2, 0.25) is 0 Å². The van der Waals surface area contributed by atoms with E-state index in [0.29, 0.717) is 5.75 Å². The highest BCUT2D eigenvalue weighted by atomic mass is 35.5. The lowest BCUT2D eigenvalue weighted by atomic mass is 10.0. The lowest BCUT2D eigenvalue weighted by Gasteiger charge is -2.08. The van der Waals surface area contributed by atoms with E-state index in [-0.39, 0.29) is 24.9 Å². The van der Waals surface area contributed by atoms with Crippen LogP contribution in [0.3, 0.4) is 0 Å². The van der Waals surface area contributed by atoms with Crippen LogP contribution in [0.5, 0.6) is 5.75 Å². The molecule has 1 amide bonds. The molecule has 0 atom stereocenters. The first-order chi connectivity index (χ1) is 11.8.